The number of aromatic nitrogens is 3. The van der Waals surface area contributed by atoms with E-state index in [0.717, 1.165) is 34.0 Å². The third-order valence-corrected chi connectivity index (χ3v) is 4.95. The van der Waals surface area contributed by atoms with Crippen LogP contribution in [0, 0.1) is 0 Å². The van der Waals surface area contributed by atoms with Gasteiger partial charge in [-0.2, -0.15) is 9.67 Å². The molecular weight excluding hydrogens is 350 g/mol. The predicted octanol–water partition coefficient (Wildman–Crippen LogP) is 3.76. The third-order valence-electron chi connectivity index (χ3n) is 4.95. The topological polar surface area (TPSA) is 69.3 Å². The molecule has 28 heavy (non-hydrogen) atoms. The van der Waals surface area contributed by atoms with Crippen LogP contribution in [-0.2, 0) is 0 Å². The van der Waals surface area contributed by atoms with Gasteiger partial charge in [0.25, 0.3) is 0 Å². The van der Waals surface area contributed by atoms with Gasteiger partial charge in [-0.1, -0.05) is 0 Å². The summed E-state index contributed by atoms with van der Waals surface area (Å²) in [6.07, 6.45) is 3.79. The molecule has 3 aromatic rings. The fourth-order valence-corrected chi connectivity index (χ4v) is 3.54. The van der Waals surface area contributed by atoms with Gasteiger partial charge in [0.2, 0.25) is 11.4 Å². The fraction of sp³-hybridized carbons (Fsp3) is 0.227. The first-order valence-electron chi connectivity index (χ1n) is 9.30. The highest BCUT2D eigenvalue weighted by atomic mass is 16.5. The van der Waals surface area contributed by atoms with Crippen LogP contribution in [0.2, 0.25) is 0 Å². The van der Waals surface area contributed by atoms with Crippen molar-refractivity contribution in [1.82, 2.24) is 9.78 Å². The summed E-state index contributed by atoms with van der Waals surface area (Å²) in [6.45, 7) is 6.19. The lowest BCUT2D eigenvalue weighted by Gasteiger charge is -2.07. The first-order chi connectivity index (χ1) is 13.5. The van der Waals surface area contributed by atoms with Crippen molar-refractivity contribution in [1.29, 1.82) is 0 Å². The molecule has 4 rings (SSSR count). The number of hydrogen-bond donors (Lipinski definition) is 1. The lowest BCUT2D eigenvalue weighted by Crippen LogP contribution is -2.34. The molecule has 142 valence electrons. The average Bonchev–Trinajstić information content (AvgIpc) is 3.20. The van der Waals surface area contributed by atoms with Gasteiger partial charge in [-0.05, 0) is 51.1 Å². The molecule has 0 spiro atoms. The van der Waals surface area contributed by atoms with Crippen LogP contribution in [0.15, 0.2) is 65.4 Å². The van der Waals surface area contributed by atoms with Crippen LogP contribution in [0.4, 0.5) is 11.5 Å². The molecule has 0 saturated carbocycles. The molecule has 6 nitrogen and oxygen atoms in total. The van der Waals surface area contributed by atoms with Crippen molar-refractivity contribution in [2.45, 2.75) is 26.8 Å². The van der Waals surface area contributed by atoms with Gasteiger partial charge in [0, 0.05) is 23.7 Å². The lowest BCUT2D eigenvalue weighted by molar-refractivity contribution is -0.577. The number of nitrogens with zero attached hydrogens (tertiary/aromatic N) is 4. The summed E-state index contributed by atoms with van der Waals surface area (Å²) in [5.74, 6) is 1.41. The first kappa shape index (κ1) is 18.0. The molecular formula is C22H24N5O+. The number of aliphatic imine (C=N–C) groups is 1. The number of ether oxygens (including phenoxy) is 1. The maximum Gasteiger partial charge on any atom is 0.237 e. The minimum absolute atomic E-state index is 0.186. The van der Waals surface area contributed by atoms with E-state index >= 15 is 0 Å². The summed E-state index contributed by atoms with van der Waals surface area (Å²) >= 11 is 0. The Balaban J connectivity index is 1.87. The summed E-state index contributed by atoms with van der Waals surface area (Å²) in [5, 5.41) is 4.38. The summed E-state index contributed by atoms with van der Waals surface area (Å²) in [5.41, 5.74) is 12.2. The molecule has 0 radical (unpaired) electrons. The van der Waals surface area contributed by atoms with E-state index in [-0.39, 0.29) is 6.04 Å². The van der Waals surface area contributed by atoms with Gasteiger partial charge in [-0.15, -0.1) is 0 Å². The number of allylic oxidation sites excluding steroid dienone is 1. The largest absolute Gasteiger partial charge is 0.497 e. The highest BCUT2D eigenvalue weighted by Crippen LogP contribution is 2.30. The molecule has 2 N–H and O–H groups in total. The van der Waals surface area contributed by atoms with Crippen molar-refractivity contribution < 1.29 is 9.30 Å². The number of benzene rings is 1. The minimum Gasteiger partial charge on any atom is -0.497 e. The monoisotopic (exact) mass is 374 g/mol. The van der Waals surface area contributed by atoms with Crippen molar-refractivity contribution >= 4 is 22.9 Å². The Hall–Kier alpha value is -3.41. The van der Waals surface area contributed by atoms with E-state index in [1.165, 1.54) is 0 Å². The molecule has 0 amide bonds. The van der Waals surface area contributed by atoms with Crippen molar-refractivity contribution in [3.63, 3.8) is 0 Å². The molecule has 0 fully saturated rings. The summed E-state index contributed by atoms with van der Waals surface area (Å²) in [7, 11) is 1.67. The first-order valence-corrected chi connectivity index (χ1v) is 9.30. The molecule has 2 aromatic heterocycles. The van der Waals surface area contributed by atoms with Crippen LogP contribution in [0.1, 0.15) is 38.1 Å². The average molecular weight is 374 g/mol. The van der Waals surface area contributed by atoms with E-state index in [1.807, 2.05) is 38.1 Å². The van der Waals surface area contributed by atoms with E-state index < -0.39 is 0 Å². The zero-order chi connectivity index (χ0) is 19.8. The van der Waals surface area contributed by atoms with E-state index in [9.17, 15) is 0 Å². The Morgan fingerprint density at radius 3 is 2.54 bits per heavy atom. The van der Waals surface area contributed by atoms with Gasteiger partial charge in [0.1, 0.15) is 23.0 Å². The molecule has 0 atom stereocenters. The standard InChI is InChI=1S/C22H23N5O/c1-14(2)27-22(23)18(13-24-27)25-20-15(3)21(26-12-6-5-7-19(20)26)16-8-10-17(28-4)11-9-16/h5-14,23H,1-4H3/p+1. The van der Waals surface area contributed by atoms with Crippen molar-refractivity contribution in [3.8, 4) is 5.75 Å². The Morgan fingerprint density at radius 1 is 1.14 bits per heavy atom. The summed E-state index contributed by atoms with van der Waals surface area (Å²) in [4.78, 5) is 4.90. The smallest absolute Gasteiger partial charge is 0.237 e. The van der Waals surface area contributed by atoms with E-state index in [2.05, 4.69) is 41.0 Å². The van der Waals surface area contributed by atoms with E-state index in [4.69, 9.17) is 15.5 Å². The second-order valence-electron chi connectivity index (χ2n) is 7.07. The number of anilines is 1. The van der Waals surface area contributed by atoms with Crippen LogP contribution in [0.5, 0.6) is 5.75 Å². The highest BCUT2D eigenvalue weighted by Gasteiger charge is 2.34. The molecule has 3 heterocycles. The number of nitrogen functional groups attached to an aromatic ring is 1. The predicted molar refractivity (Wildman–Crippen MR) is 111 cm³/mol. The zero-order valence-corrected chi connectivity index (χ0v) is 16.5. The second-order valence-corrected chi connectivity index (χ2v) is 7.07. The van der Waals surface area contributed by atoms with Crippen molar-refractivity contribution in [2.24, 2.45) is 4.99 Å². The Labute approximate surface area is 164 Å². The van der Waals surface area contributed by atoms with Gasteiger partial charge in [0.05, 0.1) is 18.9 Å². The third kappa shape index (κ3) is 2.87. The molecule has 0 unspecified atom stereocenters. The van der Waals surface area contributed by atoms with E-state index in [0.29, 0.717) is 11.5 Å². The number of hydrogen-bond acceptors (Lipinski definition) is 4. The minimum atomic E-state index is 0.186. The Kier molecular flexibility index (Phi) is 4.47. The zero-order valence-electron chi connectivity index (χ0n) is 16.5. The molecule has 0 aliphatic carbocycles. The van der Waals surface area contributed by atoms with Crippen LogP contribution >= 0.6 is 0 Å². The van der Waals surface area contributed by atoms with Gasteiger partial charge in [0.15, 0.2) is 6.20 Å². The number of fused-ring (bicyclic) bond motifs is 1. The lowest BCUT2D eigenvalue weighted by atomic mass is 10.1. The molecule has 0 bridgehead atoms. The van der Waals surface area contributed by atoms with Crippen molar-refractivity contribution in [2.75, 3.05) is 12.8 Å². The molecule has 6 heteroatoms. The Morgan fingerprint density at radius 2 is 1.89 bits per heavy atom. The van der Waals surface area contributed by atoms with Gasteiger partial charge >= 0.3 is 0 Å². The molecule has 0 saturated heterocycles. The van der Waals surface area contributed by atoms with Gasteiger partial charge in [-0.25, -0.2) is 9.67 Å². The SMILES string of the molecule is COc1ccc(C2=C(C)C(=Nc3cnn(C(C)C)c3N)c3cccc[n+]32)cc1. The number of nitrogens with two attached hydrogens (primary N) is 1. The van der Waals surface area contributed by atoms with Crippen LogP contribution in [0.25, 0.3) is 5.70 Å². The Bertz CT molecular complexity index is 1090. The van der Waals surface area contributed by atoms with Gasteiger partial charge in [-0.3, -0.25) is 0 Å². The number of methoxy groups -OCH3 is 1. The maximum atomic E-state index is 6.28. The summed E-state index contributed by atoms with van der Waals surface area (Å²) < 4.78 is 9.25. The van der Waals surface area contributed by atoms with Crippen LogP contribution in [-0.4, -0.2) is 22.6 Å². The fourth-order valence-electron chi connectivity index (χ4n) is 3.54. The quantitative estimate of drug-likeness (QED) is 0.707. The number of rotatable bonds is 4. The maximum absolute atomic E-state index is 6.28. The summed E-state index contributed by atoms with van der Waals surface area (Å²) in [6, 6.07) is 14.4. The van der Waals surface area contributed by atoms with Crippen LogP contribution in [0.3, 0.4) is 0 Å². The number of pyridine rings is 1. The molecule has 1 aromatic carbocycles. The van der Waals surface area contributed by atoms with Crippen molar-refractivity contribution in [3.05, 3.63) is 71.7 Å². The van der Waals surface area contributed by atoms with E-state index in [1.54, 1.807) is 18.0 Å². The van der Waals surface area contributed by atoms with Crippen LogP contribution < -0.4 is 15.0 Å². The normalized spacial score (nSPS) is 14.8. The highest BCUT2D eigenvalue weighted by molar-refractivity contribution is 6.17. The van der Waals surface area contributed by atoms with Gasteiger partial charge < -0.3 is 10.5 Å². The molecule has 1 aliphatic heterocycles. The molecule has 1 aliphatic rings. The second kappa shape index (κ2) is 6.96.